The first kappa shape index (κ1) is 30.6. The van der Waals surface area contributed by atoms with E-state index in [1.807, 2.05) is 27.7 Å². The molecule has 0 bridgehead atoms. The average molecular weight is 565 g/mol. The molecule has 10 nitrogen and oxygen atoms in total. The minimum absolute atomic E-state index is 0.231. The molecule has 13 heteroatoms. The zero-order valence-electron chi connectivity index (χ0n) is 23.0. The van der Waals surface area contributed by atoms with Gasteiger partial charge in [0.1, 0.15) is 18.0 Å². The van der Waals surface area contributed by atoms with Gasteiger partial charge in [0.25, 0.3) is 5.91 Å². The van der Waals surface area contributed by atoms with Crippen LogP contribution in [0.5, 0.6) is 0 Å². The second-order valence-corrected chi connectivity index (χ2v) is 10.7. The van der Waals surface area contributed by atoms with Crippen LogP contribution in [0.15, 0.2) is 41.6 Å². The standard InChI is InChI=1S/C27H35F3N6O4/c1-5-6-7-20(23(37)24(38)33-22-12-14-31-34-22)32-25(39)40-21(26(2,3)4)16-36-15-13-19(35-36)17-8-10-18(11-9-17)27(28,29)30/h8-12,14,20-21H,5-7,13,15-16H2,1-4H3,(H,32,39)(H2,31,33,34,38)/t20-,21+/m0/s1. The molecule has 2 atom stereocenters. The van der Waals surface area contributed by atoms with Gasteiger partial charge in [-0.1, -0.05) is 52.7 Å². The molecule has 0 saturated heterocycles. The highest BCUT2D eigenvalue weighted by Crippen LogP contribution is 2.30. The summed E-state index contributed by atoms with van der Waals surface area (Å²) < 4.78 is 44.4. The minimum atomic E-state index is -4.41. The van der Waals surface area contributed by atoms with E-state index in [9.17, 15) is 27.6 Å². The van der Waals surface area contributed by atoms with Gasteiger partial charge in [0.05, 0.1) is 24.0 Å². The summed E-state index contributed by atoms with van der Waals surface area (Å²) in [6.07, 6.45) is -2.34. The number of hydrazone groups is 1. The summed E-state index contributed by atoms with van der Waals surface area (Å²) in [6.45, 7) is 8.32. The molecule has 1 aliphatic rings. The third-order valence-electron chi connectivity index (χ3n) is 6.43. The van der Waals surface area contributed by atoms with Crippen molar-refractivity contribution in [1.29, 1.82) is 0 Å². The maximum absolute atomic E-state index is 12.9. The van der Waals surface area contributed by atoms with E-state index >= 15 is 0 Å². The number of Topliss-reactive ketones (excluding diaryl/α,β-unsaturated/α-hetero) is 1. The quantitative estimate of drug-likeness (QED) is 0.338. The number of ketones is 1. The van der Waals surface area contributed by atoms with Crippen molar-refractivity contribution < 1.29 is 32.3 Å². The Morgan fingerprint density at radius 2 is 1.82 bits per heavy atom. The van der Waals surface area contributed by atoms with Crippen molar-refractivity contribution in [2.24, 2.45) is 10.5 Å². The van der Waals surface area contributed by atoms with E-state index in [1.165, 1.54) is 24.4 Å². The predicted octanol–water partition coefficient (Wildman–Crippen LogP) is 4.75. The Kier molecular flexibility index (Phi) is 9.93. The molecule has 2 heterocycles. The number of alkyl carbamates (subject to hydrolysis) is 1. The fourth-order valence-electron chi connectivity index (χ4n) is 4.02. The van der Waals surface area contributed by atoms with E-state index in [-0.39, 0.29) is 18.8 Å². The molecule has 0 spiro atoms. The molecule has 0 saturated carbocycles. The Balaban J connectivity index is 1.65. The third kappa shape index (κ3) is 8.55. The van der Waals surface area contributed by atoms with Crippen LogP contribution in [0.2, 0.25) is 0 Å². The molecule has 0 fully saturated rings. The number of rotatable bonds is 11. The van der Waals surface area contributed by atoms with Crippen LogP contribution in [0.25, 0.3) is 0 Å². The van der Waals surface area contributed by atoms with Gasteiger partial charge < -0.3 is 15.4 Å². The monoisotopic (exact) mass is 564 g/mol. The van der Waals surface area contributed by atoms with Crippen LogP contribution in [0.3, 0.4) is 0 Å². The largest absolute Gasteiger partial charge is 0.444 e. The van der Waals surface area contributed by atoms with Crippen LogP contribution in [0, 0.1) is 5.41 Å². The number of benzene rings is 1. The van der Waals surface area contributed by atoms with Gasteiger partial charge in [-0.3, -0.25) is 19.7 Å². The van der Waals surface area contributed by atoms with Gasteiger partial charge >= 0.3 is 12.3 Å². The first-order chi connectivity index (χ1) is 18.8. The number of alkyl halides is 3. The number of H-pyrrole nitrogens is 1. The molecule has 0 unspecified atom stereocenters. The Morgan fingerprint density at radius 1 is 1.12 bits per heavy atom. The van der Waals surface area contributed by atoms with E-state index in [0.29, 0.717) is 30.7 Å². The Labute approximate surface area is 230 Å². The lowest BCUT2D eigenvalue weighted by molar-refractivity contribution is -0.137. The summed E-state index contributed by atoms with van der Waals surface area (Å²) in [5.74, 6) is -1.44. The Morgan fingerprint density at radius 3 is 2.40 bits per heavy atom. The van der Waals surface area contributed by atoms with Gasteiger partial charge in [0.2, 0.25) is 5.78 Å². The van der Waals surface area contributed by atoms with Crippen LogP contribution in [-0.4, -0.2) is 63.9 Å². The number of nitrogens with one attached hydrogen (secondary N) is 3. The first-order valence-electron chi connectivity index (χ1n) is 13.1. The highest BCUT2D eigenvalue weighted by atomic mass is 19.4. The number of carbonyl (C=O) groups excluding carboxylic acids is 3. The van der Waals surface area contributed by atoms with Crippen molar-refractivity contribution in [3.63, 3.8) is 0 Å². The molecule has 40 heavy (non-hydrogen) atoms. The summed E-state index contributed by atoms with van der Waals surface area (Å²) >= 11 is 0. The van der Waals surface area contributed by atoms with E-state index in [2.05, 4.69) is 25.9 Å². The lowest BCUT2D eigenvalue weighted by Gasteiger charge is -2.33. The summed E-state index contributed by atoms with van der Waals surface area (Å²) in [6, 6.07) is 5.26. The predicted molar refractivity (Wildman–Crippen MR) is 143 cm³/mol. The number of aromatic amines is 1. The molecule has 0 radical (unpaired) electrons. The van der Waals surface area contributed by atoms with Gasteiger partial charge in [-0.25, -0.2) is 4.79 Å². The molecule has 1 aromatic carbocycles. The second kappa shape index (κ2) is 13.0. The maximum atomic E-state index is 12.9. The summed E-state index contributed by atoms with van der Waals surface area (Å²) in [5, 5.41) is 17.5. The number of amides is 2. The van der Waals surface area contributed by atoms with E-state index < -0.39 is 47.1 Å². The van der Waals surface area contributed by atoms with Gasteiger partial charge in [-0.15, -0.1) is 0 Å². The van der Waals surface area contributed by atoms with Crippen LogP contribution >= 0.6 is 0 Å². The Hall–Kier alpha value is -3.90. The summed E-state index contributed by atoms with van der Waals surface area (Å²) in [4.78, 5) is 38.2. The van der Waals surface area contributed by atoms with Gasteiger partial charge in [-0.05, 0) is 24.1 Å². The number of unbranched alkanes of at least 4 members (excludes halogenated alkanes) is 1. The molecule has 1 aromatic heterocycles. The second-order valence-electron chi connectivity index (χ2n) is 10.7. The topological polar surface area (TPSA) is 129 Å². The number of hydrogen-bond acceptors (Lipinski definition) is 7. The lowest BCUT2D eigenvalue weighted by atomic mass is 9.89. The van der Waals surface area contributed by atoms with Crippen LogP contribution in [0.1, 0.15) is 64.5 Å². The normalized spacial score (nSPS) is 15.3. The van der Waals surface area contributed by atoms with Gasteiger partial charge in [0.15, 0.2) is 0 Å². The van der Waals surface area contributed by atoms with Crippen LogP contribution in [-0.2, 0) is 20.5 Å². The lowest BCUT2D eigenvalue weighted by Crippen LogP contribution is -2.49. The zero-order chi connectivity index (χ0) is 29.5. The van der Waals surface area contributed by atoms with Crippen LogP contribution < -0.4 is 10.6 Å². The van der Waals surface area contributed by atoms with Crippen molar-refractivity contribution >= 4 is 29.3 Å². The highest BCUT2D eigenvalue weighted by Gasteiger charge is 2.34. The molecule has 218 valence electrons. The van der Waals surface area contributed by atoms with Gasteiger partial charge in [-0.2, -0.15) is 23.4 Å². The fraction of sp³-hybridized carbons (Fsp3) is 0.519. The van der Waals surface area contributed by atoms with Crippen molar-refractivity contribution in [3.05, 3.63) is 47.7 Å². The maximum Gasteiger partial charge on any atom is 0.416 e. The zero-order valence-corrected chi connectivity index (χ0v) is 23.0. The number of carbonyl (C=O) groups is 3. The molecule has 2 amide bonds. The van der Waals surface area contributed by atoms with E-state index in [0.717, 1.165) is 18.6 Å². The number of nitrogens with zero attached hydrogens (tertiary/aromatic N) is 3. The van der Waals surface area contributed by atoms with E-state index in [1.54, 1.807) is 5.01 Å². The number of anilines is 1. The van der Waals surface area contributed by atoms with Crippen molar-refractivity contribution in [2.75, 3.05) is 18.4 Å². The molecular weight excluding hydrogens is 529 g/mol. The number of ether oxygens (including phenoxy) is 1. The smallest absolute Gasteiger partial charge is 0.416 e. The average Bonchev–Trinajstić information content (AvgIpc) is 3.57. The minimum Gasteiger partial charge on any atom is -0.444 e. The van der Waals surface area contributed by atoms with Crippen LogP contribution in [0.4, 0.5) is 23.8 Å². The van der Waals surface area contributed by atoms with Crippen molar-refractivity contribution in [2.45, 2.75) is 71.7 Å². The number of hydrogen-bond donors (Lipinski definition) is 3. The first-order valence-corrected chi connectivity index (χ1v) is 13.1. The van der Waals surface area contributed by atoms with Gasteiger partial charge in [0, 0.05) is 24.4 Å². The summed E-state index contributed by atoms with van der Waals surface area (Å²) in [7, 11) is 0. The highest BCUT2D eigenvalue weighted by molar-refractivity contribution is 6.42. The molecule has 1 aliphatic heterocycles. The number of aromatic nitrogens is 2. The Bertz CT molecular complexity index is 1190. The molecule has 0 aliphatic carbocycles. The van der Waals surface area contributed by atoms with Crippen molar-refractivity contribution in [3.8, 4) is 0 Å². The molecule has 3 rings (SSSR count). The summed E-state index contributed by atoms with van der Waals surface area (Å²) in [5.41, 5.74) is -0.00912. The molecular formula is C27H35F3N6O4. The van der Waals surface area contributed by atoms with Crippen molar-refractivity contribution in [1.82, 2.24) is 20.5 Å². The third-order valence-corrected chi connectivity index (χ3v) is 6.43. The number of halogens is 3. The molecule has 2 aromatic rings. The SMILES string of the molecule is CCCC[C@H](NC(=O)O[C@H](CN1CCC(c2ccc(C(F)(F)F)cc2)=N1)C(C)(C)C)C(=O)C(=O)Nc1ccn[nH]1. The van der Waals surface area contributed by atoms with E-state index in [4.69, 9.17) is 4.74 Å². The fourth-order valence-corrected chi connectivity index (χ4v) is 4.02. The molecule has 3 N–H and O–H groups in total.